The molecule has 6 heteroatoms. The molecule has 104 valence electrons. The van der Waals surface area contributed by atoms with E-state index in [-0.39, 0.29) is 11.6 Å². The van der Waals surface area contributed by atoms with Gasteiger partial charge in [0.2, 0.25) is 0 Å². The van der Waals surface area contributed by atoms with Crippen LogP contribution >= 0.6 is 0 Å². The first-order valence-electron chi connectivity index (χ1n) is 6.16. The number of benzene rings is 1. The Morgan fingerprint density at radius 1 is 1.47 bits per heavy atom. The van der Waals surface area contributed by atoms with Crippen LogP contribution in [-0.2, 0) is 11.3 Å². The van der Waals surface area contributed by atoms with Gasteiger partial charge in [-0.05, 0) is 19.1 Å². The van der Waals surface area contributed by atoms with Gasteiger partial charge in [-0.25, -0.2) is 13.6 Å². The van der Waals surface area contributed by atoms with E-state index in [1.54, 1.807) is 4.90 Å². The molecule has 0 saturated carbocycles. The smallest absolute Gasteiger partial charge is 0.410 e. The molecule has 1 aromatic rings. The SMILES string of the molecule is CC1CNCCN1C(=O)OCc1c(F)cccc1F. The Morgan fingerprint density at radius 2 is 2.16 bits per heavy atom. The minimum atomic E-state index is -0.707. The van der Waals surface area contributed by atoms with Gasteiger partial charge in [0, 0.05) is 25.7 Å². The number of rotatable bonds is 2. The number of hydrogen-bond acceptors (Lipinski definition) is 3. The van der Waals surface area contributed by atoms with Crippen molar-refractivity contribution < 1.29 is 18.3 Å². The zero-order chi connectivity index (χ0) is 13.8. The van der Waals surface area contributed by atoms with Crippen molar-refractivity contribution in [2.45, 2.75) is 19.6 Å². The summed E-state index contributed by atoms with van der Waals surface area (Å²) in [7, 11) is 0. The lowest BCUT2D eigenvalue weighted by Crippen LogP contribution is -2.52. The van der Waals surface area contributed by atoms with Crippen LogP contribution in [0.15, 0.2) is 18.2 Å². The Balaban J connectivity index is 1.96. The summed E-state index contributed by atoms with van der Waals surface area (Å²) in [6.07, 6.45) is -0.545. The average molecular weight is 270 g/mol. The number of piperazine rings is 1. The Labute approximate surface area is 110 Å². The second-order valence-corrected chi connectivity index (χ2v) is 4.50. The maximum Gasteiger partial charge on any atom is 0.410 e. The molecule has 1 aromatic carbocycles. The predicted molar refractivity (Wildman–Crippen MR) is 65.6 cm³/mol. The fourth-order valence-corrected chi connectivity index (χ4v) is 2.00. The van der Waals surface area contributed by atoms with Crippen LogP contribution in [0.3, 0.4) is 0 Å². The van der Waals surface area contributed by atoms with E-state index in [1.165, 1.54) is 6.07 Å². The van der Waals surface area contributed by atoms with Crippen LogP contribution in [0.2, 0.25) is 0 Å². The molecule has 0 radical (unpaired) electrons. The minimum absolute atomic E-state index is 0.00622. The summed E-state index contributed by atoms with van der Waals surface area (Å²) in [6, 6.07) is 3.56. The topological polar surface area (TPSA) is 41.6 Å². The number of carbonyl (C=O) groups excluding carboxylic acids is 1. The van der Waals surface area contributed by atoms with Crippen LogP contribution in [-0.4, -0.2) is 36.7 Å². The third-order valence-electron chi connectivity index (χ3n) is 3.14. The molecular formula is C13H16F2N2O2. The van der Waals surface area contributed by atoms with Crippen LogP contribution in [0.4, 0.5) is 13.6 Å². The number of halogens is 2. The maximum absolute atomic E-state index is 13.4. The highest BCUT2D eigenvalue weighted by Crippen LogP contribution is 2.14. The number of nitrogens with one attached hydrogen (secondary N) is 1. The Morgan fingerprint density at radius 3 is 2.79 bits per heavy atom. The third-order valence-corrected chi connectivity index (χ3v) is 3.14. The minimum Gasteiger partial charge on any atom is -0.444 e. The van der Waals surface area contributed by atoms with E-state index >= 15 is 0 Å². The maximum atomic E-state index is 13.4. The molecular weight excluding hydrogens is 254 g/mol. The normalized spacial score (nSPS) is 19.3. The molecule has 1 N–H and O–H groups in total. The number of carbonyl (C=O) groups is 1. The van der Waals surface area contributed by atoms with Gasteiger partial charge >= 0.3 is 6.09 Å². The summed E-state index contributed by atoms with van der Waals surface area (Å²) >= 11 is 0. The molecule has 1 aliphatic rings. The van der Waals surface area contributed by atoms with E-state index in [4.69, 9.17) is 4.74 Å². The van der Waals surface area contributed by atoms with E-state index in [0.717, 1.165) is 12.1 Å². The first-order valence-corrected chi connectivity index (χ1v) is 6.16. The first kappa shape index (κ1) is 13.7. The molecule has 1 heterocycles. The number of nitrogens with zero attached hydrogens (tertiary/aromatic N) is 1. The number of amides is 1. The van der Waals surface area contributed by atoms with E-state index in [9.17, 15) is 13.6 Å². The van der Waals surface area contributed by atoms with Gasteiger partial charge in [-0.1, -0.05) is 6.07 Å². The Bertz CT molecular complexity index is 448. The lowest BCUT2D eigenvalue weighted by atomic mass is 10.2. The standard InChI is InChI=1S/C13H16F2N2O2/c1-9-7-16-5-6-17(9)13(18)19-8-10-11(14)3-2-4-12(10)15/h2-4,9,16H,5-8H2,1H3. The molecule has 1 fully saturated rings. The second-order valence-electron chi connectivity index (χ2n) is 4.50. The zero-order valence-corrected chi connectivity index (χ0v) is 10.7. The summed E-state index contributed by atoms with van der Waals surface area (Å²) in [5, 5.41) is 3.14. The van der Waals surface area contributed by atoms with Crippen LogP contribution in [0.25, 0.3) is 0 Å². The zero-order valence-electron chi connectivity index (χ0n) is 10.7. The third kappa shape index (κ3) is 3.20. The fourth-order valence-electron chi connectivity index (χ4n) is 2.00. The molecule has 0 aromatic heterocycles. The lowest BCUT2D eigenvalue weighted by Gasteiger charge is -2.32. The van der Waals surface area contributed by atoms with Crippen molar-refractivity contribution in [1.82, 2.24) is 10.2 Å². The first-order chi connectivity index (χ1) is 9.09. The van der Waals surface area contributed by atoms with Gasteiger partial charge < -0.3 is 15.0 Å². The van der Waals surface area contributed by atoms with Gasteiger partial charge in [-0.15, -0.1) is 0 Å². The molecule has 1 aliphatic heterocycles. The number of ether oxygens (including phenoxy) is 1. The highest BCUT2D eigenvalue weighted by atomic mass is 19.1. The summed E-state index contributed by atoms with van der Waals surface area (Å²) in [5.74, 6) is -1.41. The molecule has 0 aliphatic carbocycles. The monoisotopic (exact) mass is 270 g/mol. The highest BCUT2D eigenvalue weighted by Gasteiger charge is 2.24. The Hall–Kier alpha value is -1.69. The quantitative estimate of drug-likeness (QED) is 0.892. The van der Waals surface area contributed by atoms with Gasteiger partial charge in [0.05, 0.1) is 5.56 Å². The average Bonchev–Trinajstić information content (AvgIpc) is 2.38. The molecule has 19 heavy (non-hydrogen) atoms. The summed E-state index contributed by atoms with van der Waals surface area (Å²) < 4.78 is 31.7. The van der Waals surface area contributed by atoms with Gasteiger partial charge in [-0.2, -0.15) is 0 Å². The Kier molecular flexibility index (Phi) is 4.31. The molecule has 2 rings (SSSR count). The molecule has 1 saturated heterocycles. The van der Waals surface area contributed by atoms with Crippen LogP contribution in [0.5, 0.6) is 0 Å². The van der Waals surface area contributed by atoms with Gasteiger partial charge in [0.25, 0.3) is 0 Å². The highest BCUT2D eigenvalue weighted by molar-refractivity contribution is 5.68. The number of hydrogen-bond donors (Lipinski definition) is 1. The molecule has 1 amide bonds. The van der Waals surface area contributed by atoms with E-state index in [1.807, 2.05) is 6.92 Å². The van der Waals surface area contributed by atoms with Crippen LogP contribution in [0, 0.1) is 11.6 Å². The lowest BCUT2D eigenvalue weighted by molar-refractivity contribution is 0.0744. The van der Waals surface area contributed by atoms with Crippen molar-refractivity contribution in [3.05, 3.63) is 35.4 Å². The fraction of sp³-hybridized carbons (Fsp3) is 0.462. The largest absolute Gasteiger partial charge is 0.444 e. The van der Waals surface area contributed by atoms with Crippen molar-refractivity contribution in [1.29, 1.82) is 0 Å². The summed E-state index contributed by atoms with van der Waals surface area (Å²) in [6.45, 7) is 3.39. The summed E-state index contributed by atoms with van der Waals surface area (Å²) in [5.41, 5.74) is -0.223. The predicted octanol–water partition coefficient (Wildman–Crippen LogP) is 1.90. The molecule has 0 bridgehead atoms. The molecule has 1 unspecified atom stereocenters. The van der Waals surface area contributed by atoms with Crippen molar-refractivity contribution in [2.75, 3.05) is 19.6 Å². The van der Waals surface area contributed by atoms with Gasteiger partial charge in [0.15, 0.2) is 0 Å². The second kappa shape index (κ2) is 5.97. The van der Waals surface area contributed by atoms with Gasteiger partial charge in [0.1, 0.15) is 18.2 Å². The van der Waals surface area contributed by atoms with Crippen LogP contribution in [0.1, 0.15) is 12.5 Å². The van der Waals surface area contributed by atoms with Crippen molar-refractivity contribution >= 4 is 6.09 Å². The van der Waals surface area contributed by atoms with Gasteiger partial charge in [-0.3, -0.25) is 0 Å². The van der Waals surface area contributed by atoms with E-state index < -0.39 is 24.3 Å². The van der Waals surface area contributed by atoms with E-state index in [2.05, 4.69) is 5.32 Å². The molecule has 0 spiro atoms. The summed E-state index contributed by atoms with van der Waals surface area (Å²) in [4.78, 5) is 13.4. The van der Waals surface area contributed by atoms with Crippen molar-refractivity contribution in [3.63, 3.8) is 0 Å². The van der Waals surface area contributed by atoms with Crippen molar-refractivity contribution in [3.8, 4) is 0 Å². The molecule has 4 nitrogen and oxygen atoms in total. The van der Waals surface area contributed by atoms with Crippen molar-refractivity contribution in [2.24, 2.45) is 0 Å². The van der Waals surface area contributed by atoms with Crippen LogP contribution < -0.4 is 5.32 Å². The van der Waals surface area contributed by atoms with E-state index in [0.29, 0.717) is 19.6 Å². The molecule has 1 atom stereocenters.